The largest absolute Gasteiger partial charge is 0.507 e. The van der Waals surface area contributed by atoms with Gasteiger partial charge in [-0.25, -0.2) is 0 Å². The molecule has 0 saturated carbocycles. The number of hydrogen-bond donors (Lipinski definition) is 3. The van der Waals surface area contributed by atoms with Crippen LogP contribution in [-0.2, 0) is 0 Å². The van der Waals surface area contributed by atoms with Gasteiger partial charge < -0.3 is 15.4 Å². The van der Waals surface area contributed by atoms with E-state index in [9.17, 15) is 9.90 Å². The summed E-state index contributed by atoms with van der Waals surface area (Å²) >= 11 is 0. The number of hydrogen-bond acceptors (Lipinski definition) is 2. The molecule has 0 saturated heterocycles. The summed E-state index contributed by atoms with van der Waals surface area (Å²) in [6, 6.07) is 18.5. The highest BCUT2D eigenvalue weighted by molar-refractivity contribution is 6.09. The Morgan fingerprint density at radius 2 is 1.70 bits per heavy atom. The summed E-state index contributed by atoms with van der Waals surface area (Å²) in [5.74, 6) is -0.355. The van der Waals surface area contributed by atoms with Crippen LogP contribution in [0.4, 0.5) is 5.69 Å². The molecule has 0 aliphatic carbocycles. The zero-order chi connectivity index (χ0) is 15.8. The van der Waals surface area contributed by atoms with Gasteiger partial charge in [0.2, 0.25) is 0 Å². The summed E-state index contributed by atoms with van der Waals surface area (Å²) in [5, 5.41) is 15.8. The van der Waals surface area contributed by atoms with Crippen molar-refractivity contribution in [2.45, 2.75) is 0 Å². The molecule has 4 aromatic rings. The second kappa shape index (κ2) is 5.18. The Hall–Kier alpha value is -3.27. The molecule has 4 nitrogen and oxygen atoms in total. The normalized spacial score (nSPS) is 11.0. The van der Waals surface area contributed by atoms with E-state index in [1.54, 1.807) is 12.1 Å². The molecule has 0 atom stereocenters. The first-order chi connectivity index (χ1) is 11.2. The fraction of sp³-hybridized carbons (Fsp3) is 0. The molecule has 0 unspecified atom stereocenters. The zero-order valence-corrected chi connectivity index (χ0v) is 12.2. The van der Waals surface area contributed by atoms with Gasteiger partial charge in [0.25, 0.3) is 5.91 Å². The van der Waals surface area contributed by atoms with Crippen LogP contribution in [0, 0.1) is 0 Å². The molecular weight excluding hydrogens is 288 g/mol. The van der Waals surface area contributed by atoms with Crippen molar-refractivity contribution in [3.8, 4) is 5.75 Å². The highest BCUT2D eigenvalue weighted by Gasteiger charge is 2.13. The number of benzene rings is 3. The van der Waals surface area contributed by atoms with Gasteiger partial charge in [-0.05, 0) is 47.2 Å². The second-order valence-electron chi connectivity index (χ2n) is 5.45. The molecule has 0 bridgehead atoms. The molecule has 1 heterocycles. The molecule has 4 heteroatoms. The maximum atomic E-state index is 12.5. The number of anilines is 1. The van der Waals surface area contributed by atoms with Gasteiger partial charge in [-0.3, -0.25) is 4.79 Å². The van der Waals surface area contributed by atoms with E-state index in [1.807, 2.05) is 54.7 Å². The van der Waals surface area contributed by atoms with Gasteiger partial charge in [-0.2, -0.15) is 0 Å². The van der Waals surface area contributed by atoms with Gasteiger partial charge in [0.15, 0.2) is 0 Å². The van der Waals surface area contributed by atoms with Crippen LogP contribution in [0.3, 0.4) is 0 Å². The molecular formula is C19H14N2O2. The first kappa shape index (κ1) is 13.4. The van der Waals surface area contributed by atoms with E-state index in [-0.39, 0.29) is 17.2 Å². The molecule has 3 aromatic carbocycles. The van der Waals surface area contributed by atoms with E-state index in [2.05, 4.69) is 10.3 Å². The second-order valence-corrected chi connectivity index (χ2v) is 5.45. The summed E-state index contributed by atoms with van der Waals surface area (Å²) in [5.41, 5.74) is 1.96. The molecule has 1 amide bonds. The number of phenolic OH excluding ortho intramolecular Hbond substituents is 1. The van der Waals surface area contributed by atoms with E-state index in [1.165, 1.54) is 0 Å². The summed E-state index contributed by atoms with van der Waals surface area (Å²) in [6.07, 6.45) is 1.85. The van der Waals surface area contributed by atoms with Crippen LogP contribution in [0.1, 0.15) is 10.4 Å². The highest BCUT2D eigenvalue weighted by atomic mass is 16.3. The van der Waals surface area contributed by atoms with E-state index in [0.717, 1.165) is 21.7 Å². The average molecular weight is 302 g/mol. The lowest BCUT2D eigenvalue weighted by Gasteiger charge is -2.09. The minimum atomic E-state index is -0.330. The fourth-order valence-electron chi connectivity index (χ4n) is 2.74. The molecule has 0 radical (unpaired) electrons. The maximum absolute atomic E-state index is 12.5. The minimum absolute atomic E-state index is 0.0241. The SMILES string of the molecule is O=C(Nc1ccc2[nH]ccc2c1)c1cc2ccccc2cc1O. The lowest BCUT2D eigenvalue weighted by Crippen LogP contribution is -2.12. The van der Waals surface area contributed by atoms with Gasteiger partial charge in [0.1, 0.15) is 5.75 Å². The molecule has 112 valence electrons. The first-order valence-corrected chi connectivity index (χ1v) is 7.31. The quantitative estimate of drug-likeness (QED) is 0.517. The lowest BCUT2D eigenvalue weighted by molar-refractivity contribution is 0.102. The number of amides is 1. The number of H-pyrrole nitrogens is 1. The molecule has 0 fully saturated rings. The van der Waals surface area contributed by atoms with Crippen LogP contribution < -0.4 is 5.32 Å². The van der Waals surface area contributed by atoms with Crippen LogP contribution in [0.5, 0.6) is 5.75 Å². The standard InChI is InChI=1S/C19H14N2O2/c22-18-11-13-4-2-1-3-12(13)10-16(18)19(23)21-15-5-6-17-14(9-15)7-8-20-17/h1-11,20,22H,(H,21,23). The Morgan fingerprint density at radius 3 is 2.52 bits per heavy atom. The highest BCUT2D eigenvalue weighted by Crippen LogP contribution is 2.26. The van der Waals surface area contributed by atoms with Crippen LogP contribution in [0.15, 0.2) is 66.9 Å². The van der Waals surface area contributed by atoms with Crippen LogP contribution in [-0.4, -0.2) is 16.0 Å². The molecule has 3 N–H and O–H groups in total. The van der Waals surface area contributed by atoms with Crippen molar-refractivity contribution in [2.75, 3.05) is 5.32 Å². The van der Waals surface area contributed by atoms with E-state index < -0.39 is 0 Å². The number of rotatable bonds is 2. The number of carbonyl (C=O) groups is 1. The number of aromatic amines is 1. The van der Waals surface area contributed by atoms with Gasteiger partial charge in [0.05, 0.1) is 5.56 Å². The molecule has 4 rings (SSSR count). The van der Waals surface area contributed by atoms with Crippen LogP contribution in [0.25, 0.3) is 21.7 Å². The van der Waals surface area contributed by atoms with Crippen molar-refractivity contribution in [2.24, 2.45) is 0 Å². The summed E-state index contributed by atoms with van der Waals surface area (Å²) in [4.78, 5) is 15.6. The van der Waals surface area contributed by atoms with Crippen LogP contribution in [0.2, 0.25) is 0 Å². The topological polar surface area (TPSA) is 65.1 Å². The molecule has 0 aliphatic heterocycles. The number of carbonyl (C=O) groups excluding carboxylic acids is 1. The van der Waals surface area contributed by atoms with Crippen molar-refractivity contribution < 1.29 is 9.90 Å². The number of phenols is 1. The lowest BCUT2D eigenvalue weighted by atomic mass is 10.1. The Bertz CT molecular complexity index is 1030. The number of nitrogens with one attached hydrogen (secondary N) is 2. The average Bonchev–Trinajstić information content (AvgIpc) is 3.01. The third-order valence-electron chi connectivity index (χ3n) is 3.92. The van der Waals surface area contributed by atoms with Crippen molar-refractivity contribution in [1.82, 2.24) is 4.98 Å². The smallest absolute Gasteiger partial charge is 0.259 e. The van der Waals surface area contributed by atoms with Gasteiger partial charge in [0, 0.05) is 22.8 Å². The third-order valence-corrected chi connectivity index (χ3v) is 3.92. The van der Waals surface area contributed by atoms with Crippen molar-refractivity contribution in [3.63, 3.8) is 0 Å². The third kappa shape index (κ3) is 2.40. The van der Waals surface area contributed by atoms with E-state index in [4.69, 9.17) is 0 Å². The Balaban J connectivity index is 1.69. The fourth-order valence-corrected chi connectivity index (χ4v) is 2.74. The number of fused-ring (bicyclic) bond motifs is 2. The molecule has 0 spiro atoms. The Morgan fingerprint density at radius 1 is 0.913 bits per heavy atom. The summed E-state index contributed by atoms with van der Waals surface area (Å²) in [6.45, 7) is 0. The molecule has 0 aliphatic rings. The maximum Gasteiger partial charge on any atom is 0.259 e. The molecule has 1 aromatic heterocycles. The van der Waals surface area contributed by atoms with Gasteiger partial charge in [-0.1, -0.05) is 24.3 Å². The molecule has 23 heavy (non-hydrogen) atoms. The van der Waals surface area contributed by atoms with Gasteiger partial charge in [-0.15, -0.1) is 0 Å². The predicted octanol–water partition coefficient (Wildman–Crippen LogP) is 4.28. The Kier molecular flexibility index (Phi) is 3.01. The van der Waals surface area contributed by atoms with Crippen molar-refractivity contribution in [1.29, 1.82) is 0 Å². The monoisotopic (exact) mass is 302 g/mol. The van der Waals surface area contributed by atoms with Gasteiger partial charge >= 0.3 is 0 Å². The van der Waals surface area contributed by atoms with Crippen molar-refractivity contribution >= 4 is 33.3 Å². The summed E-state index contributed by atoms with van der Waals surface area (Å²) < 4.78 is 0. The zero-order valence-electron chi connectivity index (χ0n) is 12.2. The van der Waals surface area contributed by atoms with Crippen LogP contribution >= 0.6 is 0 Å². The van der Waals surface area contributed by atoms with Crippen molar-refractivity contribution in [3.05, 3.63) is 72.4 Å². The minimum Gasteiger partial charge on any atom is -0.507 e. The number of aromatic nitrogens is 1. The van der Waals surface area contributed by atoms with E-state index in [0.29, 0.717) is 5.69 Å². The number of aromatic hydroxyl groups is 1. The first-order valence-electron chi connectivity index (χ1n) is 7.31. The Labute approximate surface area is 132 Å². The predicted molar refractivity (Wildman–Crippen MR) is 91.9 cm³/mol. The van der Waals surface area contributed by atoms with E-state index >= 15 is 0 Å². The summed E-state index contributed by atoms with van der Waals surface area (Å²) in [7, 11) is 0.